The van der Waals surface area contributed by atoms with Crippen LogP contribution < -0.4 is 5.32 Å². The monoisotopic (exact) mass is 258 g/mol. The Hall–Kier alpha value is -1.43. The average molecular weight is 259 g/mol. The van der Waals surface area contributed by atoms with Crippen LogP contribution in [0.1, 0.15) is 33.1 Å². The van der Waals surface area contributed by atoms with Crippen LogP contribution in [0.2, 0.25) is 5.28 Å². The fourth-order valence-electron chi connectivity index (χ4n) is 1.41. The van der Waals surface area contributed by atoms with Gasteiger partial charge < -0.3 is 5.32 Å². The smallest absolute Gasteiger partial charge is 0.329 e. The molecule has 1 atom stereocenters. The number of halogens is 1. The topological polar surface area (TPSA) is 81.0 Å². The van der Waals surface area contributed by atoms with E-state index in [2.05, 4.69) is 22.2 Å². The zero-order valence-electron chi connectivity index (χ0n) is 9.81. The number of rotatable bonds is 6. The van der Waals surface area contributed by atoms with E-state index in [4.69, 9.17) is 11.6 Å². The van der Waals surface area contributed by atoms with Crippen molar-refractivity contribution in [1.82, 2.24) is 9.97 Å². The minimum atomic E-state index is -0.523. The van der Waals surface area contributed by atoms with Crippen LogP contribution in [0, 0.1) is 10.1 Å². The molecule has 0 bridgehead atoms. The average Bonchev–Trinajstić information content (AvgIpc) is 2.26. The van der Waals surface area contributed by atoms with Gasteiger partial charge in [-0.05, 0) is 24.9 Å². The van der Waals surface area contributed by atoms with Crippen molar-refractivity contribution in [2.45, 2.75) is 39.2 Å². The molecule has 1 N–H and O–H groups in total. The first kappa shape index (κ1) is 13.6. The van der Waals surface area contributed by atoms with E-state index in [1.807, 2.05) is 6.92 Å². The van der Waals surface area contributed by atoms with Crippen LogP contribution >= 0.6 is 11.6 Å². The van der Waals surface area contributed by atoms with E-state index in [0.717, 1.165) is 25.5 Å². The molecule has 6 nitrogen and oxygen atoms in total. The van der Waals surface area contributed by atoms with Crippen LogP contribution in [-0.4, -0.2) is 20.9 Å². The maximum atomic E-state index is 10.8. The summed E-state index contributed by atoms with van der Waals surface area (Å²) in [5.74, 6) is 0.179. The molecule has 0 amide bonds. The van der Waals surface area contributed by atoms with Crippen molar-refractivity contribution in [1.29, 1.82) is 0 Å². The van der Waals surface area contributed by atoms with Crippen molar-refractivity contribution in [2.75, 3.05) is 5.32 Å². The molecular formula is C10H15ClN4O2. The second-order valence-electron chi connectivity index (χ2n) is 3.82. The molecule has 0 aliphatic carbocycles. The summed E-state index contributed by atoms with van der Waals surface area (Å²) in [5, 5.41) is 13.8. The van der Waals surface area contributed by atoms with Gasteiger partial charge >= 0.3 is 5.69 Å². The molecule has 0 aromatic carbocycles. The van der Waals surface area contributed by atoms with Gasteiger partial charge in [-0.2, -0.15) is 4.98 Å². The van der Waals surface area contributed by atoms with Gasteiger partial charge in [-0.1, -0.05) is 19.8 Å². The molecule has 94 valence electrons. The summed E-state index contributed by atoms with van der Waals surface area (Å²) in [6.45, 7) is 4.05. The van der Waals surface area contributed by atoms with E-state index < -0.39 is 4.92 Å². The Morgan fingerprint density at radius 2 is 2.35 bits per heavy atom. The molecule has 1 unspecified atom stereocenters. The summed E-state index contributed by atoms with van der Waals surface area (Å²) in [6.07, 6.45) is 4.18. The number of nitro groups is 1. The number of hydrogen-bond donors (Lipinski definition) is 1. The van der Waals surface area contributed by atoms with Gasteiger partial charge in [-0.15, -0.1) is 0 Å². The third-order valence-corrected chi connectivity index (χ3v) is 2.49. The summed E-state index contributed by atoms with van der Waals surface area (Å²) in [4.78, 5) is 17.7. The molecule has 1 rings (SSSR count). The van der Waals surface area contributed by atoms with Crippen LogP contribution in [-0.2, 0) is 0 Å². The van der Waals surface area contributed by atoms with Crippen LogP contribution in [0.15, 0.2) is 6.20 Å². The molecule has 0 spiro atoms. The quantitative estimate of drug-likeness (QED) is 0.482. The van der Waals surface area contributed by atoms with Gasteiger partial charge in [0.15, 0.2) is 0 Å². The summed E-state index contributed by atoms with van der Waals surface area (Å²) in [7, 11) is 0. The lowest BCUT2D eigenvalue weighted by atomic mass is 10.1. The Balaban J connectivity index is 2.81. The number of hydrogen-bond acceptors (Lipinski definition) is 5. The summed E-state index contributed by atoms with van der Waals surface area (Å²) in [6, 6.07) is 0.111. The SMILES string of the molecule is CCCCC(C)Nc1nc(Cl)ncc1[N+](=O)[O-]. The van der Waals surface area contributed by atoms with E-state index in [1.165, 1.54) is 0 Å². The molecule has 1 aromatic rings. The molecule has 0 aliphatic heterocycles. The van der Waals surface area contributed by atoms with Crippen molar-refractivity contribution >= 4 is 23.1 Å². The maximum absolute atomic E-state index is 10.8. The maximum Gasteiger partial charge on any atom is 0.329 e. The molecule has 0 radical (unpaired) electrons. The van der Waals surface area contributed by atoms with Crippen LogP contribution in [0.4, 0.5) is 11.5 Å². The molecule has 0 fully saturated rings. The normalized spacial score (nSPS) is 12.2. The highest BCUT2D eigenvalue weighted by Gasteiger charge is 2.18. The summed E-state index contributed by atoms with van der Waals surface area (Å²) in [5.41, 5.74) is -0.155. The number of nitrogens with one attached hydrogen (secondary N) is 1. The number of aromatic nitrogens is 2. The predicted molar refractivity (Wildman–Crippen MR) is 66.3 cm³/mol. The number of unbranched alkanes of at least 4 members (excludes halogenated alkanes) is 1. The minimum absolute atomic E-state index is 0.000733. The Bertz CT molecular complexity index is 400. The van der Waals surface area contributed by atoms with Crippen molar-refractivity contribution in [3.63, 3.8) is 0 Å². The number of nitrogens with zero attached hydrogens (tertiary/aromatic N) is 3. The zero-order chi connectivity index (χ0) is 12.8. The first-order chi connectivity index (χ1) is 8.04. The van der Waals surface area contributed by atoms with Gasteiger partial charge in [-0.3, -0.25) is 10.1 Å². The van der Waals surface area contributed by atoms with Gasteiger partial charge in [0.1, 0.15) is 6.20 Å². The first-order valence-electron chi connectivity index (χ1n) is 5.48. The van der Waals surface area contributed by atoms with E-state index >= 15 is 0 Å². The lowest BCUT2D eigenvalue weighted by Crippen LogP contribution is -2.17. The van der Waals surface area contributed by atoms with Crippen LogP contribution in [0.5, 0.6) is 0 Å². The summed E-state index contributed by atoms with van der Waals surface area (Å²) >= 11 is 5.62. The van der Waals surface area contributed by atoms with Crippen molar-refractivity contribution in [2.24, 2.45) is 0 Å². The molecule has 0 aliphatic rings. The Morgan fingerprint density at radius 1 is 1.65 bits per heavy atom. The highest BCUT2D eigenvalue weighted by atomic mass is 35.5. The first-order valence-corrected chi connectivity index (χ1v) is 5.85. The van der Waals surface area contributed by atoms with E-state index in [0.29, 0.717) is 0 Å². The standard InChI is InChI=1S/C10H15ClN4O2/c1-3-4-5-7(2)13-9-8(15(16)17)6-12-10(11)14-9/h6-7H,3-5H2,1-2H3,(H,12,13,14). The fourth-order valence-corrected chi connectivity index (χ4v) is 1.54. The van der Waals surface area contributed by atoms with E-state index in [-0.39, 0.29) is 22.8 Å². The lowest BCUT2D eigenvalue weighted by Gasteiger charge is -2.13. The molecule has 17 heavy (non-hydrogen) atoms. The van der Waals surface area contributed by atoms with E-state index in [1.54, 1.807) is 0 Å². The highest BCUT2D eigenvalue weighted by molar-refractivity contribution is 6.28. The predicted octanol–water partition coefficient (Wildman–Crippen LogP) is 3.03. The third kappa shape index (κ3) is 4.14. The van der Waals surface area contributed by atoms with Gasteiger partial charge in [0, 0.05) is 6.04 Å². The lowest BCUT2D eigenvalue weighted by molar-refractivity contribution is -0.384. The van der Waals surface area contributed by atoms with Gasteiger partial charge in [0.25, 0.3) is 0 Å². The Morgan fingerprint density at radius 3 is 2.94 bits per heavy atom. The molecule has 0 saturated carbocycles. The second-order valence-corrected chi connectivity index (χ2v) is 4.16. The van der Waals surface area contributed by atoms with Crippen molar-refractivity contribution < 1.29 is 4.92 Å². The number of anilines is 1. The largest absolute Gasteiger partial charge is 0.362 e. The molecule has 7 heteroatoms. The van der Waals surface area contributed by atoms with Gasteiger partial charge in [0.05, 0.1) is 4.92 Å². The Kier molecular flexibility index (Phi) is 5.09. The van der Waals surface area contributed by atoms with Gasteiger partial charge in [-0.25, -0.2) is 4.98 Å². The minimum Gasteiger partial charge on any atom is -0.362 e. The fraction of sp³-hybridized carbons (Fsp3) is 0.600. The second kappa shape index (κ2) is 6.34. The summed E-state index contributed by atoms with van der Waals surface area (Å²) < 4.78 is 0. The van der Waals surface area contributed by atoms with Gasteiger partial charge in [0.2, 0.25) is 11.1 Å². The highest BCUT2D eigenvalue weighted by Crippen LogP contribution is 2.23. The molecule has 1 aromatic heterocycles. The molecule has 1 heterocycles. The molecular weight excluding hydrogens is 244 g/mol. The molecule has 0 saturated heterocycles. The zero-order valence-corrected chi connectivity index (χ0v) is 10.6. The van der Waals surface area contributed by atoms with Crippen LogP contribution in [0.3, 0.4) is 0 Å². The van der Waals surface area contributed by atoms with Crippen molar-refractivity contribution in [3.05, 3.63) is 21.6 Å². The Labute approximate surface area is 105 Å². The van der Waals surface area contributed by atoms with Crippen molar-refractivity contribution in [3.8, 4) is 0 Å². The van der Waals surface area contributed by atoms with E-state index in [9.17, 15) is 10.1 Å². The van der Waals surface area contributed by atoms with Crippen LogP contribution in [0.25, 0.3) is 0 Å². The third-order valence-electron chi connectivity index (χ3n) is 2.31.